The van der Waals surface area contributed by atoms with Crippen LogP contribution >= 0.6 is 47.4 Å². The lowest BCUT2D eigenvalue weighted by Gasteiger charge is -2.35. The summed E-state index contributed by atoms with van der Waals surface area (Å²) in [5.41, 5.74) is 1.50. The minimum Gasteiger partial charge on any atom is -0.314 e. The topological polar surface area (TPSA) is 15.3 Å². The number of hydrogen-bond acceptors (Lipinski definition) is 2. The van der Waals surface area contributed by atoms with Crippen molar-refractivity contribution in [2.75, 3.05) is 26.2 Å². The zero-order chi connectivity index (χ0) is 13.5. The zero-order valence-electron chi connectivity index (χ0n) is 12.7. The number of benzene rings is 1. The van der Waals surface area contributed by atoms with Crippen molar-refractivity contribution in [2.45, 2.75) is 38.6 Å². The van der Waals surface area contributed by atoms with Crippen molar-refractivity contribution >= 4 is 47.4 Å². The quantitative estimate of drug-likeness (QED) is 0.506. The molecular weight excluding hydrogens is 418 g/mol. The third-order valence-corrected chi connectivity index (χ3v) is 4.58. The van der Waals surface area contributed by atoms with E-state index in [1.807, 2.05) is 0 Å². The van der Waals surface area contributed by atoms with Gasteiger partial charge in [-0.15, -0.1) is 24.8 Å². The maximum atomic E-state index is 3.46. The second kappa shape index (κ2) is 11.9. The smallest absolute Gasteiger partial charge is 0.0349 e. The maximum absolute atomic E-state index is 3.46. The number of nitrogens with zero attached hydrogens (tertiary/aromatic N) is 1. The number of halogens is 3. The molecule has 0 unspecified atom stereocenters. The van der Waals surface area contributed by atoms with Crippen molar-refractivity contribution in [3.05, 3.63) is 33.4 Å². The third-order valence-electron chi connectivity index (χ3n) is 3.91. The standard InChI is InChI=1S/C16H25IN2.2ClH/c1-2-3-4-8-16(19-11-9-18-10-12-19)14-6-5-7-15(17)13-14;;/h5-7,13,16,18H,2-4,8-12H2,1H3;2*1H/t16-;;/m0../s1. The highest BCUT2D eigenvalue weighted by atomic mass is 127. The minimum absolute atomic E-state index is 0. The van der Waals surface area contributed by atoms with Gasteiger partial charge in [-0.05, 0) is 46.7 Å². The summed E-state index contributed by atoms with van der Waals surface area (Å²) < 4.78 is 1.35. The normalized spacial score (nSPS) is 16.7. The lowest BCUT2D eigenvalue weighted by molar-refractivity contribution is 0.162. The molecule has 1 atom stereocenters. The fraction of sp³-hybridized carbons (Fsp3) is 0.625. The van der Waals surface area contributed by atoms with Crippen LogP contribution in [0.3, 0.4) is 0 Å². The maximum Gasteiger partial charge on any atom is 0.0349 e. The van der Waals surface area contributed by atoms with Gasteiger partial charge in [0.15, 0.2) is 0 Å². The number of rotatable bonds is 6. The van der Waals surface area contributed by atoms with Gasteiger partial charge in [-0.2, -0.15) is 0 Å². The predicted octanol–water partition coefficient (Wildman–Crippen LogP) is 4.66. The number of unbranched alkanes of at least 4 members (excludes halogenated alkanes) is 2. The molecule has 1 aromatic rings. The summed E-state index contributed by atoms with van der Waals surface area (Å²) in [7, 11) is 0. The highest BCUT2D eigenvalue weighted by Crippen LogP contribution is 2.28. The highest BCUT2D eigenvalue weighted by Gasteiger charge is 2.21. The molecule has 0 saturated carbocycles. The third kappa shape index (κ3) is 7.04. The largest absolute Gasteiger partial charge is 0.314 e. The van der Waals surface area contributed by atoms with Gasteiger partial charge in [0.05, 0.1) is 0 Å². The Bertz CT molecular complexity index is 384. The first-order chi connectivity index (χ1) is 9.31. The van der Waals surface area contributed by atoms with Crippen LogP contribution in [0, 0.1) is 3.57 Å². The molecule has 1 aromatic carbocycles. The van der Waals surface area contributed by atoms with Gasteiger partial charge < -0.3 is 5.32 Å². The van der Waals surface area contributed by atoms with E-state index in [9.17, 15) is 0 Å². The van der Waals surface area contributed by atoms with E-state index >= 15 is 0 Å². The van der Waals surface area contributed by atoms with E-state index in [2.05, 4.69) is 64.0 Å². The molecule has 1 N–H and O–H groups in total. The Balaban J connectivity index is 0.00000200. The average molecular weight is 445 g/mol. The molecule has 2 rings (SSSR count). The molecule has 1 aliphatic heterocycles. The molecule has 1 aliphatic rings. The highest BCUT2D eigenvalue weighted by molar-refractivity contribution is 14.1. The van der Waals surface area contributed by atoms with E-state index in [1.165, 1.54) is 47.9 Å². The summed E-state index contributed by atoms with van der Waals surface area (Å²) >= 11 is 2.42. The van der Waals surface area contributed by atoms with Gasteiger partial charge in [-0.3, -0.25) is 4.90 Å². The molecule has 0 spiro atoms. The Kier molecular flexibility index (Phi) is 12.2. The number of hydrogen-bond donors (Lipinski definition) is 1. The molecule has 1 heterocycles. The molecule has 5 heteroatoms. The van der Waals surface area contributed by atoms with E-state index in [0.29, 0.717) is 6.04 Å². The Morgan fingerprint density at radius 3 is 2.52 bits per heavy atom. The first-order valence-corrected chi connectivity index (χ1v) is 8.59. The van der Waals surface area contributed by atoms with Crippen LogP contribution in [0.25, 0.3) is 0 Å². The SMILES string of the molecule is CCCCC[C@@H](c1cccc(I)c1)N1CCNCC1.Cl.Cl. The molecule has 21 heavy (non-hydrogen) atoms. The molecule has 122 valence electrons. The van der Waals surface area contributed by atoms with Crippen LogP contribution in [0.15, 0.2) is 24.3 Å². The van der Waals surface area contributed by atoms with Gasteiger partial charge in [-0.1, -0.05) is 38.3 Å². The molecule has 1 fully saturated rings. The van der Waals surface area contributed by atoms with Crippen molar-refractivity contribution in [2.24, 2.45) is 0 Å². The molecule has 0 aromatic heterocycles. The summed E-state index contributed by atoms with van der Waals surface area (Å²) in [4.78, 5) is 2.66. The number of piperazine rings is 1. The van der Waals surface area contributed by atoms with E-state index < -0.39 is 0 Å². The second-order valence-corrected chi connectivity index (χ2v) is 6.60. The Hall–Kier alpha value is 0.450. The van der Waals surface area contributed by atoms with Crippen molar-refractivity contribution in [1.29, 1.82) is 0 Å². The van der Waals surface area contributed by atoms with Gasteiger partial charge in [0.2, 0.25) is 0 Å². The summed E-state index contributed by atoms with van der Waals surface area (Å²) in [5, 5.41) is 3.46. The van der Waals surface area contributed by atoms with Gasteiger partial charge in [-0.25, -0.2) is 0 Å². The van der Waals surface area contributed by atoms with Crippen LogP contribution in [-0.2, 0) is 0 Å². The molecule has 1 saturated heterocycles. The van der Waals surface area contributed by atoms with Gasteiger partial charge in [0.1, 0.15) is 0 Å². The summed E-state index contributed by atoms with van der Waals surface area (Å²) in [6.45, 7) is 6.91. The average Bonchev–Trinajstić information content (AvgIpc) is 2.45. The van der Waals surface area contributed by atoms with Gasteiger partial charge in [0.25, 0.3) is 0 Å². The summed E-state index contributed by atoms with van der Waals surface area (Å²) in [6.07, 6.45) is 5.30. The fourth-order valence-corrected chi connectivity index (χ4v) is 3.42. The van der Waals surface area contributed by atoms with Crippen LogP contribution in [0.2, 0.25) is 0 Å². The zero-order valence-corrected chi connectivity index (χ0v) is 16.5. The summed E-state index contributed by atoms with van der Waals surface area (Å²) in [6, 6.07) is 9.67. The molecule has 0 bridgehead atoms. The lowest BCUT2D eigenvalue weighted by Crippen LogP contribution is -2.45. The Morgan fingerprint density at radius 2 is 1.90 bits per heavy atom. The van der Waals surface area contributed by atoms with Gasteiger partial charge in [0, 0.05) is 35.8 Å². The van der Waals surface area contributed by atoms with E-state index in [0.717, 1.165) is 13.1 Å². The second-order valence-electron chi connectivity index (χ2n) is 5.35. The molecular formula is C16H27Cl2IN2. The first kappa shape index (κ1) is 21.4. The Labute approximate surface area is 155 Å². The van der Waals surface area contributed by atoms with Crippen molar-refractivity contribution in [1.82, 2.24) is 10.2 Å². The van der Waals surface area contributed by atoms with Crippen molar-refractivity contribution in [3.63, 3.8) is 0 Å². The predicted molar refractivity (Wildman–Crippen MR) is 105 cm³/mol. The van der Waals surface area contributed by atoms with Crippen molar-refractivity contribution in [3.8, 4) is 0 Å². The van der Waals surface area contributed by atoms with E-state index in [-0.39, 0.29) is 24.8 Å². The van der Waals surface area contributed by atoms with Crippen LogP contribution in [0.5, 0.6) is 0 Å². The Morgan fingerprint density at radius 1 is 1.19 bits per heavy atom. The molecule has 0 aliphatic carbocycles. The van der Waals surface area contributed by atoms with Crippen LogP contribution in [0.4, 0.5) is 0 Å². The molecule has 0 amide bonds. The molecule has 0 radical (unpaired) electrons. The van der Waals surface area contributed by atoms with Crippen molar-refractivity contribution < 1.29 is 0 Å². The monoisotopic (exact) mass is 444 g/mol. The van der Waals surface area contributed by atoms with Crippen LogP contribution in [0.1, 0.15) is 44.2 Å². The fourth-order valence-electron chi connectivity index (χ4n) is 2.86. The lowest BCUT2D eigenvalue weighted by atomic mass is 9.98. The first-order valence-electron chi connectivity index (χ1n) is 7.51. The minimum atomic E-state index is 0. The van der Waals surface area contributed by atoms with E-state index in [1.54, 1.807) is 0 Å². The molecule has 2 nitrogen and oxygen atoms in total. The van der Waals surface area contributed by atoms with Crippen LogP contribution < -0.4 is 5.32 Å². The van der Waals surface area contributed by atoms with Gasteiger partial charge >= 0.3 is 0 Å². The van der Waals surface area contributed by atoms with E-state index in [4.69, 9.17) is 0 Å². The number of nitrogens with one attached hydrogen (secondary N) is 1. The van der Waals surface area contributed by atoms with Crippen LogP contribution in [-0.4, -0.2) is 31.1 Å². The summed E-state index contributed by atoms with van der Waals surface area (Å²) in [5.74, 6) is 0.